The van der Waals surface area contributed by atoms with Gasteiger partial charge in [0.2, 0.25) is 0 Å². The lowest BCUT2D eigenvalue weighted by Gasteiger charge is -2.67. The van der Waals surface area contributed by atoms with Crippen LogP contribution < -0.4 is 0 Å². The summed E-state index contributed by atoms with van der Waals surface area (Å²) < 4.78 is 18.7. The van der Waals surface area contributed by atoms with Crippen LogP contribution in [0.3, 0.4) is 0 Å². The summed E-state index contributed by atoms with van der Waals surface area (Å²) in [4.78, 5) is 13.0. The summed E-state index contributed by atoms with van der Waals surface area (Å²) in [6.07, 6.45) is 9.50. The number of epoxide rings is 1. The summed E-state index contributed by atoms with van der Waals surface area (Å²) in [5.74, 6) is 2.45. The van der Waals surface area contributed by atoms with Gasteiger partial charge in [0, 0.05) is 23.2 Å². The van der Waals surface area contributed by atoms with E-state index in [1.165, 1.54) is 12.0 Å². The van der Waals surface area contributed by atoms with Gasteiger partial charge >= 0.3 is 5.97 Å². The van der Waals surface area contributed by atoms with Gasteiger partial charge < -0.3 is 14.2 Å². The molecule has 0 radical (unpaired) electrons. The van der Waals surface area contributed by atoms with Crippen molar-refractivity contribution in [3.8, 4) is 0 Å². The SMILES string of the molecule is CC1=CCCC2(CO2)C2C(CC1)C13CCC4C1C(=C(C)OC23)C(=O)OC4(C)C. The molecule has 0 aromatic heterocycles. The van der Waals surface area contributed by atoms with Gasteiger partial charge in [-0.25, -0.2) is 4.79 Å². The van der Waals surface area contributed by atoms with Crippen LogP contribution in [0, 0.1) is 29.1 Å². The molecule has 3 heterocycles. The summed E-state index contributed by atoms with van der Waals surface area (Å²) in [5, 5.41) is 0. The molecule has 4 nitrogen and oxygen atoms in total. The highest BCUT2D eigenvalue weighted by atomic mass is 16.6. The molecule has 3 aliphatic heterocycles. The summed E-state index contributed by atoms with van der Waals surface area (Å²) in [5.41, 5.74) is 2.10. The molecule has 7 unspecified atom stereocenters. The molecule has 6 aliphatic rings. The fourth-order valence-corrected chi connectivity index (χ4v) is 8.06. The molecular weight excluding hydrogens is 352 g/mol. The Morgan fingerprint density at radius 1 is 1.11 bits per heavy atom. The third-order valence-electron chi connectivity index (χ3n) is 9.34. The second-order valence-electron chi connectivity index (χ2n) is 10.9. The van der Waals surface area contributed by atoms with E-state index in [0.29, 0.717) is 23.7 Å². The molecule has 28 heavy (non-hydrogen) atoms. The maximum atomic E-state index is 13.0. The molecule has 2 saturated heterocycles. The van der Waals surface area contributed by atoms with E-state index in [-0.39, 0.29) is 28.7 Å². The number of ether oxygens (including phenoxy) is 3. The lowest BCUT2D eigenvalue weighted by Crippen LogP contribution is -2.71. The number of hydrogen-bond acceptors (Lipinski definition) is 4. The third-order valence-corrected chi connectivity index (χ3v) is 9.34. The smallest absolute Gasteiger partial charge is 0.338 e. The van der Waals surface area contributed by atoms with Gasteiger partial charge in [0.1, 0.15) is 17.5 Å². The van der Waals surface area contributed by atoms with Crippen molar-refractivity contribution >= 4 is 5.97 Å². The van der Waals surface area contributed by atoms with Crippen LogP contribution in [-0.4, -0.2) is 29.9 Å². The molecule has 152 valence electrons. The molecule has 0 amide bonds. The number of cyclic esters (lactones) is 1. The molecule has 3 aliphatic carbocycles. The van der Waals surface area contributed by atoms with Crippen LogP contribution in [0.25, 0.3) is 0 Å². The fraction of sp³-hybridized carbons (Fsp3) is 0.792. The van der Waals surface area contributed by atoms with Crippen LogP contribution in [-0.2, 0) is 19.0 Å². The average Bonchev–Trinajstić information content (AvgIpc) is 3.22. The molecule has 0 aromatic carbocycles. The van der Waals surface area contributed by atoms with E-state index in [1.807, 2.05) is 6.92 Å². The van der Waals surface area contributed by atoms with E-state index in [4.69, 9.17) is 14.2 Å². The van der Waals surface area contributed by atoms with Gasteiger partial charge in [-0.15, -0.1) is 0 Å². The average molecular weight is 385 g/mol. The first-order valence-electron chi connectivity index (χ1n) is 11.2. The maximum absolute atomic E-state index is 13.0. The zero-order valence-electron chi connectivity index (χ0n) is 17.5. The largest absolute Gasteiger partial charge is 0.493 e. The number of rotatable bonds is 0. The maximum Gasteiger partial charge on any atom is 0.338 e. The molecule has 2 spiro atoms. The lowest BCUT2D eigenvalue weighted by atomic mass is 9.41. The van der Waals surface area contributed by atoms with Crippen LogP contribution in [0.5, 0.6) is 0 Å². The Labute approximate surface area is 167 Å². The Morgan fingerprint density at radius 3 is 2.64 bits per heavy atom. The second-order valence-corrected chi connectivity index (χ2v) is 10.9. The van der Waals surface area contributed by atoms with Crippen LogP contribution in [0.1, 0.15) is 66.2 Å². The Morgan fingerprint density at radius 2 is 1.89 bits per heavy atom. The summed E-state index contributed by atoms with van der Waals surface area (Å²) in [7, 11) is 0. The zero-order chi connectivity index (χ0) is 19.5. The summed E-state index contributed by atoms with van der Waals surface area (Å²) >= 11 is 0. The number of hydrogen-bond donors (Lipinski definition) is 0. The topological polar surface area (TPSA) is 48.1 Å². The van der Waals surface area contributed by atoms with E-state index < -0.39 is 0 Å². The molecule has 6 rings (SSSR count). The monoisotopic (exact) mass is 384 g/mol. The standard InChI is InChI=1S/C24H32O4/c1-13-6-5-10-23(12-26-23)19-16(8-7-13)24-11-9-15-18(24)17(14(2)27-20(19)24)21(25)28-22(15,3)4/h6,15-16,18-20H,5,7-12H2,1-4H3. The number of carbonyl (C=O) groups is 1. The van der Waals surface area contributed by atoms with Crippen LogP contribution >= 0.6 is 0 Å². The van der Waals surface area contributed by atoms with E-state index in [1.54, 1.807) is 0 Å². The van der Waals surface area contributed by atoms with Crippen molar-refractivity contribution in [3.05, 3.63) is 23.0 Å². The predicted molar refractivity (Wildman–Crippen MR) is 104 cm³/mol. The molecule has 4 heteroatoms. The molecule has 7 atom stereocenters. The fourth-order valence-electron chi connectivity index (χ4n) is 8.06. The molecule has 2 saturated carbocycles. The van der Waals surface area contributed by atoms with Crippen molar-refractivity contribution in [1.82, 2.24) is 0 Å². The normalized spacial score (nSPS) is 50.6. The first kappa shape index (κ1) is 17.6. The van der Waals surface area contributed by atoms with Crippen molar-refractivity contribution in [2.75, 3.05) is 6.61 Å². The van der Waals surface area contributed by atoms with Crippen molar-refractivity contribution < 1.29 is 19.0 Å². The van der Waals surface area contributed by atoms with Gasteiger partial charge in [0.25, 0.3) is 0 Å². The van der Waals surface area contributed by atoms with E-state index in [9.17, 15) is 4.79 Å². The first-order valence-corrected chi connectivity index (χ1v) is 11.2. The van der Waals surface area contributed by atoms with Gasteiger partial charge in [-0.1, -0.05) is 11.6 Å². The number of fused-ring (bicyclic) bond motifs is 3. The Kier molecular flexibility index (Phi) is 3.29. The Bertz CT molecular complexity index is 816. The minimum atomic E-state index is -0.385. The highest BCUT2D eigenvalue weighted by Gasteiger charge is 2.79. The summed E-state index contributed by atoms with van der Waals surface area (Å²) in [6, 6.07) is 0. The molecule has 4 fully saturated rings. The van der Waals surface area contributed by atoms with Gasteiger partial charge in [0.15, 0.2) is 0 Å². The number of allylic oxidation sites excluding steroid dienone is 3. The molecule has 0 bridgehead atoms. The van der Waals surface area contributed by atoms with Crippen molar-refractivity contribution in [1.29, 1.82) is 0 Å². The molecule has 0 aromatic rings. The van der Waals surface area contributed by atoms with Crippen molar-refractivity contribution in [2.24, 2.45) is 29.1 Å². The van der Waals surface area contributed by atoms with Gasteiger partial charge in [0.05, 0.1) is 17.8 Å². The zero-order valence-corrected chi connectivity index (χ0v) is 17.5. The number of carbonyl (C=O) groups excluding carboxylic acids is 1. The van der Waals surface area contributed by atoms with Gasteiger partial charge in [-0.3, -0.25) is 0 Å². The summed E-state index contributed by atoms with van der Waals surface area (Å²) in [6.45, 7) is 9.38. The third kappa shape index (κ3) is 1.94. The van der Waals surface area contributed by atoms with E-state index >= 15 is 0 Å². The Balaban J connectivity index is 1.48. The highest BCUT2D eigenvalue weighted by Crippen LogP contribution is 2.76. The van der Waals surface area contributed by atoms with E-state index in [0.717, 1.165) is 50.0 Å². The quantitative estimate of drug-likeness (QED) is 0.349. The van der Waals surface area contributed by atoms with Crippen molar-refractivity contribution in [2.45, 2.75) is 83.5 Å². The lowest BCUT2D eigenvalue weighted by molar-refractivity contribution is -0.252. The minimum Gasteiger partial charge on any atom is -0.493 e. The van der Waals surface area contributed by atoms with Crippen LogP contribution in [0.15, 0.2) is 23.0 Å². The molecule has 0 N–H and O–H groups in total. The predicted octanol–water partition coefficient (Wildman–Crippen LogP) is 4.54. The van der Waals surface area contributed by atoms with E-state index in [2.05, 4.69) is 26.8 Å². The van der Waals surface area contributed by atoms with Crippen LogP contribution in [0.4, 0.5) is 0 Å². The minimum absolute atomic E-state index is 0.0161. The Hall–Kier alpha value is -1.29. The van der Waals surface area contributed by atoms with Crippen molar-refractivity contribution in [3.63, 3.8) is 0 Å². The molecular formula is C24H32O4. The number of esters is 1. The van der Waals surface area contributed by atoms with Gasteiger partial charge in [-0.2, -0.15) is 0 Å². The van der Waals surface area contributed by atoms with Crippen LogP contribution in [0.2, 0.25) is 0 Å². The highest BCUT2D eigenvalue weighted by molar-refractivity contribution is 5.91. The van der Waals surface area contributed by atoms with Gasteiger partial charge in [-0.05, 0) is 72.1 Å². The first-order chi connectivity index (χ1) is 13.3. The second kappa shape index (κ2) is 5.24.